The van der Waals surface area contributed by atoms with Crippen LogP contribution in [0, 0.1) is 0 Å². The van der Waals surface area contributed by atoms with E-state index in [9.17, 15) is 9.59 Å². The molecule has 1 heterocycles. The van der Waals surface area contributed by atoms with Gasteiger partial charge in [0.25, 0.3) is 0 Å². The van der Waals surface area contributed by atoms with E-state index in [4.69, 9.17) is 9.84 Å². The third kappa shape index (κ3) is 3.26. The molecule has 0 bridgehead atoms. The molecule has 0 radical (unpaired) electrons. The minimum Gasteiger partial charge on any atom is -0.475 e. The number of amides is 1. The number of carboxylic acids is 1. The lowest BCUT2D eigenvalue weighted by molar-refractivity contribution is 0.0683. The number of aromatic nitrogens is 2. The Balaban J connectivity index is 2.84. The number of anilines is 1. The van der Waals surface area contributed by atoms with Gasteiger partial charge >= 0.3 is 12.1 Å². The van der Waals surface area contributed by atoms with Gasteiger partial charge in [-0.15, -0.1) is 0 Å². The maximum Gasteiger partial charge on any atom is 0.415 e. The average Bonchev–Trinajstić information content (AvgIpc) is 2.35. The predicted molar refractivity (Wildman–Crippen MR) is 58.9 cm³/mol. The number of ether oxygens (including phenoxy) is 1. The molecule has 0 unspecified atom stereocenters. The van der Waals surface area contributed by atoms with Crippen LogP contribution >= 0.6 is 0 Å². The summed E-state index contributed by atoms with van der Waals surface area (Å²) in [5, 5.41) is 8.70. The molecule has 0 aliphatic rings. The minimum absolute atomic E-state index is 0.0695. The molecule has 1 amide bonds. The van der Waals surface area contributed by atoms with Gasteiger partial charge in [-0.1, -0.05) is 12.7 Å². The zero-order valence-electron chi connectivity index (χ0n) is 9.16. The molecule has 0 saturated carbocycles. The van der Waals surface area contributed by atoms with Gasteiger partial charge in [-0.25, -0.2) is 19.6 Å². The standard InChI is InChI=1S/C10H11N3O4/c1-3-6-17-10(16)13(2)7-4-5-11-8(12-7)9(14)15/h3-5H,1,6H2,2H3,(H,14,15). The Hall–Kier alpha value is -2.44. The molecular formula is C10H11N3O4. The van der Waals surface area contributed by atoms with Crippen molar-refractivity contribution in [2.45, 2.75) is 0 Å². The molecule has 1 aromatic heterocycles. The van der Waals surface area contributed by atoms with E-state index in [0.717, 1.165) is 4.90 Å². The molecule has 1 rings (SSSR count). The van der Waals surface area contributed by atoms with Crippen LogP contribution < -0.4 is 4.90 Å². The highest BCUT2D eigenvalue weighted by Crippen LogP contribution is 2.09. The fraction of sp³-hybridized carbons (Fsp3) is 0.200. The quantitative estimate of drug-likeness (QED) is 0.783. The highest BCUT2D eigenvalue weighted by molar-refractivity contribution is 5.87. The van der Waals surface area contributed by atoms with Crippen molar-refractivity contribution in [3.8, 4) is 0 Å². The lowest BCUT2D eigenvalue weighted by atomic mass is 10.5. The van der Waals surface area contributed by atoms with E-state index in [0.29, 0.717) is 0 Å². The van der Waals surface area contributed by atoms with Crippen molar-refractivity contribution < 1.29 is 19.4 Å². The Bertz CT molecular complexity index is 447. The van der Waals surface area contributed by atoms with Gasteiger partial charge in [0, 0.05) is 13.2 Å². The van der Waals surface area contributed by atoms with Gasteiger partial charge in [-0.2, -0.15) is 0 Å². The molecule has 17 heavy (non-hydrogen) atoms. The summed E-state index contributed by atoms with van der Waals surface area (Å²) in [6, 6.07) is 1.40. The van der Waals surface area contributed by atoms with Gasteiger partial charge in [0.15, 0.2) is 0 Å². The van der Waals surface area contributed by atoms with Crippen LogP contribution in [0.2, 0.25) is 0 Å². The summed E-state index contributed by atoms with van der Waals surface area (Å²) in [4.78, 5) is 30.4. The van der Waals surface area contributed by atoms with Crippen LogP contribution in [-0.4, -0.2) is 40.8 Å². The van der Waals surface area contributed by atoms with E-state index in [1.165, 1.54) is 25.4 Å². The maximum absolute atomic E-state index is 11.4. The van der Waals surface area contributed by atoms with Gasteiger partial charge in [0.2, 0.25) is 5.82 Å². The second-order valence-corrected chi connectivity index (χ2v) is 2.97. The molecule has 0 atom stereocenters. The molecule has 0 aliphatic carbocycles. The summed E-state index contributed by atoms with van der Waals surface area (Å²) in [6.45, 7) is 3.47. The van der Waals surface area contributed by atoms with Crippen LogP contribution in [0.25, 0.3) is 0 Å². The monoisotopic (exact) mass is 237 g/mol. The number of carbonyl (C=O) groups excluding carboxylic acids is 1. The Labute approximate surface area is 97.4 Å². The van der Waals surface area contributed by atoms with Gasteiger partial charge in [-0.3, -0.25) is 4.90 Å². The maximum atomic E-state index is 11.4. The van der Waals surface area contributed by atoms with Crippen molar-refractivity contribution in [3.63, 3.8) is 0 Å². The van der Waals surface area contributed by atoms with Crippen molar-refractivity contribution in [2.24, 2.45) is 0 Å². The van der Waals surface area contributed by atoms with E-state index in [-0.39, 0.29) is 18.2 Å². The summed E-state index contributed by atoms with van der Waals surface area (Å²) < 4.78 is 4.77. The number of hydrogen-bond acceptors (Lipinski definition) is 5. The van der Waals surface area contributed by atoms with Crippen molar-refractivity contribution in [1.82, 2.24) is 9.97 Å². The van der Waals surface area contributed by atoms with Gasteiger partial charge in [0.05, 0.1) is 0 Å². The van der Waals surface area contributed by atoms with Gasteiger partial charge in [-0.05, 0) is 6.07 Å². The van der Waals surface area contributed by atoms with Crippen LogP contribution in [0.15, 0.2) is 24.9 Å². The molecule has 0 aromatic carbocycles. The zero-order valence-corrected chi connectivity index (χ0v) is 9.16. The second kappa shape index (κ2) is 5.59. The third-order valence-corrected chi connectivity index (χ3v) is 1.77. The lowest BCUT2D eigenvalue weighted by Crippen LogP contribution is -2.28. The van der Waals surface area contributed by atoms with E-state index >= 15 is 0 Å². The number of rotatable bonds is 4. The Morgan fingerprint density at radius 1 is 1.65 bits per heavy atom. The molecule has 0 aliphatic heterocycles. The van der Waals surface area contributed by atoms with E-state index in [1.54, 1.807) is 0 Å². The fourth-order valence-electron chi connectivity index (χ4n) is 0.960. The number of carbonyl (C=O) groups is 2. The summed E-state index contributed by atoms with van der Waals surface area (Å²) in [5.41, 5.74) is 0. The molecule has 0 fully saturated rings. The van der Waals surface area contributed by atoms with Gasteiger partial charge < -0.3 is 9.84 Å². The third-order valence-electron chi connectivity index (χ3n) is 1.77. The van der Waals surface area contributed by atoms with Crippen molar-refractivity contribution in [3.05, 3.63) is 30.7 Å². The van der Waals surface area contributed by atoms with Crippen LogP contribution in [-0.2, 0) is 4.74 Å². The minimum atomic E-state index is -1.26. The Kier molecular flexibility index (Phi) is 4.15. The first-order valence-electron chi connectivity index (χ1n) is 4.64. The number of hydrogen-bond donors (Lipinski definition) is 1. The molecule has 90 valence electrons. The summed E-state index contributed by atoms with van der Waals surface area (Å²) in [6.07, 6.45) is 2.03. The highest BCUT2D eigenvalue weighted by atomic mass is 16.6. The SMILES string of the molecule is C=CCOC(=O)N(C)c1ccnc(C(=O)O)n1. The first-order valence-corrected chi connectivity index (χ1v) is 4.64. The zero-order chi connectivity index (χ0) is 12.8. The number of nitrogens with zero attached hydrogens (tertiary/aromatic N) is 3. The van der Waals surface area contributed by atoms with Crippen LogP contribution in [0.4, 0.5) is 10.6 Å². The topological polar surface area (TPSA) is 92.6 Å². The smallest absolute Gasteiger partial charge is 0.415 e. The molecule has 7 nitrogen and oxygen atoms in total. The summed E-state index contributed by atoms with van der Waals surface area (Å²) >= 11 is 0. The molecule has 0 saturated heterocycles. The van der Waals surface area contributed by atoms with E-state index in [2.05, 4.69) is 16.5 Å². The molecule has 1 aromatic rings. The first kappa shape index (κ1) is 12.6. The average molecular weight is 237 g/mol. The Morgan fingerprint density at radius 2 is 2.35 bits per heavy atom. The predicted octanol–water partition coefficient (Wildman–Crippen LogP) is 0.934. The van der Waals surface area contributed by atoms with E-state index in [1.807, 2.05) is 0 Å². The molecule has 1 N–H and O–H groups in total. The van der Waals surface area contributed by atoms with Crippen molar-refractivity contribution in [2.75, 3.05) is 18.6 Å². The fourth-order valence-corrected chi connectivity index (χ4v) is 0.960. The Morgan fingerprint density at radius 3 is 2.94 bits per heavy atom. The van der Waals surface area contributed by atoms with Gasteiger partial charge in [0.1, 0.15) is 12.4 Å². The highest BCUT2D eigenvalue weighted by Gasteiger charge is 2.15. The molecule has 0 spiro atoms. The number of aromatic carboxylic acids is 1. The first-order chi connectivity index (χ1) is 8.06. The normalized spacial score (nSPS) is 9.47. The largest absolute Gasteiger partial charge is 0.475 e. The van der Waals surface area contributed by atoms with Crippen molar-refractivity contribution in [1.29, 1.82) is 0 Å². The van der Waals surface area contributed by atoms with Crippen LogP contribution in [0.1, 0.15) is 10.6 Å². The molecule has 7 heteroatoms. The van der Waals surface area contributed by atoms with Crippen molar-refractivity contribution >= 4 is 17.9 Å². The molecular weight excluding hydrogens is 226 g/mol. The number of carboxylic acid groups (broad SMARTS) is 1. The lowest BCUT2D eigenvalue weighted by Gasteiger charge is -2.15. The summed E-state index contributed by atoms with van der Waals surface area (Å²) in [5.74, 6) is -1.50. The van der Waals surface area contributed by atoms with Crippen LogP contribution in [0.3, 0.4) is 0 Å². The second-order valence-electron chi connectivity index (χ2n) is 2.97. The van der Waals surface area contributed by atoms with E-state index < -0.39 is 12.1 Å². The van der Waals surface area contributed by atoms with Crippen LogP contribution in [0.5, 0.6) is 0 Å². The summed E-state index contributed by atoms with van der Waals surface area (Å²) in [7, 11) is 1.42.